The fraction of sp³-hybridized carbons (Fsp3) is 0.241. The first-order chi connectivity index (χ1) is 18.7. The average molecular weight is 612 g/mol. The molecule has 1 atom stereocenters. The van der Waals surface area contributed by atoms with Crippen molar-refractivity contribution in [3.63, 3.8) is 0 Å². The first kappa shape index (κ1) is 29.7. The Morgan fingerprint density at radius 3 is 2.51 bits per heavy atom. The molecule has 8 nitrogen and oxygen atoms in total. The van der Waals surface area contributed by atoms with Gasteiger partial charge in [-0.1, -0.05) is 43.6 Å². The van der Waals surface area contributed by atoms with Gasteiger partial charge in [-0.25, -0.2) is 5.43 Å². The van der Waals surface area contributed by atoms with Crippen LogP contribution in [0.25, 0.3) is 0 Å². The third-order valence-electron chi connectivity index (χ3n) is 5.57. The molecule has 39 heavy (non-hydrogen) atoms. The molecule has 1 unspecified atom stereocenters. The van der Waals surface area contributed by atoms with Crippen LogP contribution < -0.4 is 20.2 Å². The minimum atomic E-state index is -0.803. The van der Waals surface area contributed by atoms with Crippen LogP contribution in [0.2, 0.25) is 5.02 Å². The van der Waals surface area contributed by atoms with Crippen LogP contribution in [0.15, 0.2) is 70.2 Å². The molecule has 3 rings (SSSR count). The second kappa shape index (κ2) is 14.3. The fourth-order valence-corrected chi connectivity index (χ4v) is 4.27. The van der Waals surface area contributed by atoms with Gasteiger partial charge in [-0.15, -0.1) is 0 Å². The van der Waals surface area contributed by atoms with Gasteiger partial charge in [-0.2, -0.15) is 10.4 Å². The van der Waals surface area contributed by atoms with Crippen LogP contribution in [0.5, 0.6) is 11.5 Å². The standard InChI is InChI=1S/C29H28BrClN4O4/c1-4-38-25-14-19(13-24(30)27(25)39-17-22-8-6-5-7-21(22)15-32)16-33-35-29(37)26(18(2)3)34-28(36)20-9-11-23(31)12-10-20/h5-14,16,18,26H,4,17H2,1-3H3,(H,34,36)(H,35,37)/b33-16+. The van der Waals surface area contributed by atoms with E-state index in [1.54, 1.807) is 48.5 Å². The van der Waals surface area contributed by atoms with E-state index >= 15 is 0 Å². The van der Waals surface area contributed by atoms with E-state index in [1.165, 1.54) is 6.21 Å². The van der Waals surface area contributed by atoms with Crippen molar-refractivity contribution >= 4 is 45.6 Å². The highest BCUT2D eigenvalue weighted by Crippen LogP contribution is 2.37. The highest BCUT2D eigenvalue weighted by molar-refractivity contribution is 9.10. The molecular formula is C29H28BrClN4O4. The van der Waals surface area contributed by atoms with Crippen molar-refractivity contribution in [2.75, 3.05) is 6.61 Å². The van der Waals surface area contributed by atoms with Gasteiger partial charge in [0.05, 0.1) is 28.9 Å². The van der Waals surface area contributed by atoms with Crippen LogP contribution in [0.3, 0.4) is 0 Å². The van der Waals surface area contributed by atoms with Gasteiger partial charge in [0.1, 0.15) is 12.6 Å². The molecule has 2 amide bonds. The Labute approximate surface area is 241 Å². The summed E-state index contributed by atoms with van der Waals surface area (Å²) >= 11 is 9.41. The Morgan fingerprint density at radius 1 is 1.13 bits per heavy atom. The molecule has 2 N–H and O–H groups in total. The monoisotopic (exact) mass is 610 g/mol. The van der Waals surface area contributed by atoms with Gasteiger partial charge in [-0.05, 0) is 76.8 Å². The minimum absolute atomic E-state index is 0.183. The number of hydrogen-bond donors (Lipinski definition) is 2. The van der Waals surface area contributed by atoms with Crippen LogP contribution in [0.4, 0.5) is 0 Å². The summed E-state index contributed by atoms with van der Waals surface area (Å²) in [4.78, 5) is 25.4. The summed E-state index contributed by atoms with van der Waals surface area (Å²) in [5.74, 6) is -0.0655. The third-order valence-corrected chi connectivity index (χ3v) is 6.41. The zero-order chi connectivity index (χ0) is 28.4. The zero-order valence-corrected chi connectivity index (χ0v) is 24.0. The average Bonchev–Trinajstić information content (AvgIpc) is 2.91. The van der Waals surface area contributed by atoms with Gasteiger partial charge in [-0.3, -0.25) is 9.59 Å². The second-order valence-corrected chi connectivity index (χ2v) is 10.0. The van der Waals surface area contributed by atoms with Crippen LogP contribution in [-0.2, 0) is 11.4 Å². The fourth-order valence-electron chi connectivity index (χ4n) is 3.57. The Balaban J connectivity index is 1.70. The number of halogens is 2. The molecule has 0 aliphatic rings. The molecule has 10 heteroatoms. The summed E-state index contributed by atoms with van der Waals surface area (Å²) in [7, 11) is 0. The molecule has 3 aromatic carbocycles. The van der Waals surface area contributed by atoms with Gasteiger partial charge < -0.3 is 14.8 Å². The first-order valence-electron chi connectivity index (χ1n) is 12.2. The van der Waals surface area contributed by atoms with E-state index in [-0.39, 0.29) is 18.4 Å². The van der Waals surface area contributed by atoms with Crippen molar-refractivity contribution in [2.24, 2.45) is 11.0 Å². The van der Waals surface area contributed by atoms with E-state index in [0.29, 0.717) is 44.3 Å². The Morgan fingerprint density at radius 2 is 1.85 bits per heavy atom. The van der Waals surface area contributed by atoms with E-state index < -0.39 is 11.9 Å². The molecule has 0 aliphatic heterocycles. The molecule has 0 saturated carbocycles. The maximum absolute atomic E-state index is 12.8. The predicted octanol–water partition coefficient (Wildman–Crippen LogP) is 5.86. The molecule has 0 aromatic heterocycles. The smallest absolute Gasteiger partial charge is 0.262 e. The maximum atomic E-state index is 12.8. The van der Waals surface area contributed by atoms with Gasteiger partial charge in [0.15, 0.2) is 11.5 Å². The lowest BCUT2D eigenvalue weighted by atomic mass is 10.0. The number of rotatable bonds is 11. The van der Waals surface area contributed by atoms with Gasteiger partial charge in [0.25, 0.3) is 11.8 Å². The normalized spacial score (nSPS) is 11.6. The number of benzene rings is 3. The van der Waals surface area contributed by atoms with Gasteiger partial charge in [0.2, 0.25) is 0 Å². The van der Waals surface area contributed by atoms with E-state index in [0.717, 1.165) is 5.56 Å². The van der Waals surface area contributed by atoms with Crippen molar-refractivity contribution in [1.29, 1.82) is 5.26 Å². The lowest BCUT2D eigenvalue weighted by molar-refractivity contribution is -0.123. The molecule has 0 heterocycles. The van der Waals surface area contributed by atoms with Crippen LogP contribution in [-0.4, -0.2) is 30.7 Å². The SMILES string of the molecule is CCOc1cc(/C=N/NC(=O)C(NC(=O)c2ccc(Cl)cc2)C(C)C)cc(Br)c1OCc1ccccc1C#N. The lowest BCUT2D eigenvalue weighted by Gasteiger charge is -2.20. The highest BCUT2D eigenvalue weighted by Gasteiger charge is 2.24. The Hall–Kier alpha value is -3.87. The number of hydrazone groups is 1. The molecule has 0 bridgehead atoms. The third kappa shape index (κ3) is 8.31. The van der Waals surface area contributed by atoms with Crippen molar-refractivity contribution in [1.82, 2.24) is 10.7 Å². The number of nitriles is 1. The van der Waals surface area contributed by atoms with E-state index in [1.807, 2.05) is 32.9 Å². The number of amides is 2. The maximum Gasteiger partial charge on any atom is 0.262 e. The minimum Gasteiger partial charge on any atom is -0.490 e. The molecular weight excluding hydrogens is 584 g/mol. The van der Waals surface area contributed by atoms with Crippen molar-refractivity contribution in [2.45, 2.75) is 33.4 Å². The molecule has 0 saturated heterocycles. The summed E-state index contributed by atoms with van der Waals surface area (Å²) in [5, 5.41) is 16.7. The number of nitrogens with one attached hydrogen (secondary N) is 2. The summed E-state index contributed by atoms with van der Waals surface area (Å²) < 4.78 is 12.4. The molecule has 3 aromatic rings. The lowest BCUT2D eigenvalue weighted by Crippen LogP contribution is -2.48. The molecule has 0 aliphatic carbocycles. The van der Waals surface area contributed by atoms with E-state index in [2.05, 4.69) is 37.8 Å². The van der Waals surface area contributed by atoms with Crippen LogP contribution in [0, 0.1) is 17.2 Å². The topological polar surface area (TPSA) is 113 Å². The summed E-state index contributed by atoms with van der Waals surface area (Å²) in [6, 6.07) is 18.5. The van der Waals surface area contributed by atoms with Crippen molar-refractivity contribution in [3.8, 4) is 17.6 Å². The zero-order valence-electron chi connectivity index (χ0n) is 21.7. The van der Waals surface area contributed by atoms with E-state index in [9.17, 15) is 14.9 Å². The number of nitrogens with zero attached hydrogens (tertiary/aromatic N) is 2. The number of carbonyl (C=O) groups is 2. The molecule has 202 valence electrons. The summed E-state index contributed by atoms with van der Waals surface area (Å²) in [6.45, 7) is 6.10. The Kier molecular flexibility index (Phi) is 10.9. The Bertz CT molecular complexity index is 1390. The molecule has 0 radical (unpaired) electrons. The predicted molar refractivity (Wildman–Crippen MR) is 154 cm³/mol. The summed E-state index contributed by atoms with van der Waals surface area (Å²) in [5.41, 5.74) is 4.83. The molecule has 0 fully saturated rings. The van der Waals surface area contributed by atoms with Gasteiger partial charge >= 0.3 is 0 Å². The number of ether oxygens (including phenoxy) is 2. The van der Waals surface area contributed by atoms with Crippen LogP contribution in [0.1, 0.15) is 47.8 Å². The van der Waals surface area contributed by atoms with Crippen LogP contribution >= 0.6 is 27.5 Å². The number of hydrogen-bond acceptors (Lipinski definition) is 6. The van der Waals surface area contributed by atoms with Gasteiger partial charge in [0, 0.05) is 16.1 Å². The van der Waals surface area contributed by atoms with E-state index in [4.69, 9.17) is 21.1 Å². The molecule has 0 spiro atoms. The first-order valence-corrected chi connectivity index (χ1v) is 13.4. The van der Waals surface area contributed by atoms with Crippen molar-refractivity contribution in [3.05, 3.63) is 92.4 Å². The second-order valence-electron chi connectivity index (χ2n) is 8.76. The number of carbonyl (C=O) groups excluding carboxylic acids is 2. The summed E-state index contributed by atoms with van der Waals surface area (Å²) in [6.07, 6.45) is 1.47. The quantitative estimate of drug-likeness (QED) is 0.208. The van der Waals surface area contributed by atoms with Crippen molar-refractivity contribution < 1.29 is 19.1 Å². The largest absolute Gasteiger partial charge is 0.490 e. The highest BCUT2D eigenvalue weighted by atomic mass is 79.9.